The van der Waals surface area contributed by atoms with Crippen LogP contribution in [0.5, 0.6) is 0 Å². The first kappa shape index (κ1) is 14.3. The molecule has 1 atom stereocenters. The highest BCUT2D eigenvalue weighted by Gasteiger charge is 2.09. The third kappa shape index (κ3) is 3.08. The van der Waals surface area contributed by atoms with Gasteiger partial charge in [0.1, 0.15) is 0 Å². The molecule has 0 bridgehead atoms. The maximum atomic E-state index is 13.2. The molecular weight excluding hydrogens is 264 g/mol. The molecule has 1 heterocycles. The normalized spacial score (nSPS) is 12.4. The molecule has 2 rings (SSSR count). The van der Waals surface area contributed by atoms with Crippen molar-refractivity contribution >= 4 is 0 Å². The molecule has 1 aromatic heterocycles. The van der Waals surface area contributed by atoms with Gasteiger partial charge in [0.05, 0.1) is 12.2 Å². The minimum atomic E-state index is -0.952. The van der Waals surface area contributed by atoms with Crippen LogP contribution in [0.15, 0.2) is 35.1 Å². The highest BCUT2D eigenvalue weighted by molar-refractivity contribution is 5.58. The summed E-state index contributed by atoms with van der Waals surface area (Å²) in [6, 6.07) is 6.12. The summed E-state index contributed by atoms with van der Waals surface area (Å²) in [5, 5.41) is 4.14. The number of aromatic nitrogens is 2. The molecule has 0 radical (unpaired) electrons. The fraction of sp³-hybridized carbons (Fsp3) is 0.286. The Bertz CT molecular complexity index is 670. The molecule has 106 valence electrons. The molecule has 0 spiro atoms. The second-order valence-electron chi connectivity index (χ2n) is 4.54. The van der Waals surface area contributed by atoms with Crippen molar-refractivity contribution in [2.75, 3.05) is 0 Å². The van der Waals surface area contributed by atoms with Crippen molar-refractivity contribution in [2.45, 2.75) is 25.9 Å². The van der Waals surface area contributed by atoms with Crippen LogP contribution >= 0.6 is 0 Å². The molecule has 0 saturated heterocycles. The minimum absolute atomic E-state index is 0.180. The molecule has 20 heavy (non-hydrogen) atoms. The molecule has 0 fully saturated rings. The average Bonchev–Trinajstić information content (AvgIpc) is 2.44. The van der Waals surface area contributed by atoms with Crippen LogP contribution in [0.4, 0.5) is 8.78 Å². The van der Waals surface area contributed by atoms with E-state index < -0.39 is 11.6 Å². The first-order valence-corrected chi connectivity index (χ1v) is 6.30. The third-order valence-corrected chi connectivity index (χ3v) is 3.01. The van der Waals surface area contributed by atoms with E-state index >= 15 is 0 Å². The second kappa shape index (κ2) is 5.92. The lowest BCUT2D eigenvalue weighted by atomic mass is 10.1. The lowest BCUT2D eigenvalue weighted by Gasteiger charge is -2.11. The van der Waals surface area contributed by atoms with Crippen LogP contribution in [0.1, 0.15) is 13.3 Å². The van der Waals surface area contributed by atoms with Crippen LogP contribution < -0.4 is 11.3 Å². The standard InChI is InChI=1S/C14H15F2N3O/c1-2-10(17)8-19-14(20)6-5-13(18-19)9-3-4-11(15)12(16)7-9/h3-7,10H,2,8,17H2,1H3/t10-/m0/s1. The van der Waals surface area contributed by atoms with E-state index in [2.05, 4.69) is 5.10 Å². The van der Waals surface area contributed by atoms with Crippen LogP contribution in [-0.4, -0.2) is 15.8 Å². The summed E-state index contributed by atoms with van der Waals surface area (Å²) in [6.45, 7) is 2.20. The van der Waals surface area contributed by atoms with Crippen molar-refractivity contribution in [1.82, 2.24) is 9.78 Å². The first-order valence-electron chi connectivity index (χ1n) is 6.30. The van der Waals surface area contributed by atoms with Gasteiger partial charge in [-0.15, -0.1) is 0 Å². The first-order chi connectivity index (χ1) is 9.51. The highest BCUT2D eigenvalue weighted by Crippen LogP contribution is 2.18. The van der Waals surface area contributed by atoms with Gasteiger partial charge in [-0.25, -0.2) is 13.5 Å². The number of hydrogen-bond donors (Lipinski definition) is 1. The number of benzene rings is 1. The molecule has 0 amide bonds. The molecule has 1 aromatic carbocycles. The van der Waals surface area contributed by atoms with Crippen molar-refractivity contribution < 1.29 is 8.78 Å². The van der Waals surface area contributed by atoms with Gasteiger partial charge < -0.3 is 5.73 Å². The zero-order valence-electron chi connectivity index (χ0n) is 11.0. The van der Waals surface area contributed by atoms with Crippen LogP contribution in [0.3, 0.4) is 0 Å². The second-order valence-corrected chi connectivity index (χ2v) is 4.54. The van der Waals surface area contributed by atoms with E-state index in [0.717, 1.165) is 12.1 Å². The number of rotatable bonds is 4. The monoisotopic (exact) mass is 279 g/mol. The average molecular weight is 279 g/mol. The van der Waals surface area contributed by atoms with Crippen molar-refractivity contribution in [1.29, 1.82) is 0 Å². The predicted molar refractivity (Wildman–Crippen MR) is 72.1 cm³/mol. The Hall–Kier alpha value is -2.08. The number of nitrogens with zero attached hydrogens (tertiary/aromatic N) is 2. The summed E-state index contributed by atoms with van der Waals surface area (Å²) in [5.74, 6) is -1.87. The highest BCUT2D eigenvalue weighted by atomic mass is 19.2. The van der Waals surface area contributed by atoms with Crippen molar-refractivity contribution in [3.8, 4) is 11.3 Å². The van der Waals surface area contributed by atoms with E-state index in [1.165, 1.54) is 22.9 Å². The van der Waals surface area contributed by atoms with E-state index in [1.807, 2.05) is 6.92 Å². The Morgan fingerprint density at radius 3 is 2.65 bits per heavy atom. The summed E-state index contributed by atoms with van der Waals surface area (Å²) < 4.78 is 27.4. The van der Waals surface area contributed by atoms with Crippen molar-refractivity contribution in [2.24, 2.45) is 5.73 Å². The lowest BCUT2D eigenvalue weighted by molar-refractivity contribution is 0.482. The minimum Gasteiger partial charge on any atom is -0.326 e. The van der Waals surface area contributed by atoms with Gasteiger partial charge in [0.15, 0.2) is 11.6 Å². The molecule has 4 nitrogen and oxygen atoms in total. The molecule has 0 aliphatic rings. The molecule has 0 aliphatic heterocycles. The Balaban J connectivity index is 2.40. The third-order valence-electron chi connectivity index (χ3n) is 3.01. The molecule has 0 saturated carbocycles. The number of nitrogens with two attached hydrogens (primary N) is 1. The van der Waals surface area contributed by atoms with Crippen LogP contribution in [0.25, 0.3) is 11.3 Å². The summed E-state index contributed by atoms with van der Waals surface area (Å²) in [7, 11) is 0. The van der Waals surface area contributed by atoms with Crippen molar-refractivity contribution in [3.05, 3.63) is 52.3 Å². The van der Waals surface area contributed by atoms with Gasteiger partial charge in [0.25, 0.3) is 5.56 Å². The van der Waals surface area contributed by atoms with E-state index in [9.17, 15) is 13.6 Å². The maximum absolute atomic E-state index is 13.2. The van der Waals surface area contributed by atoms with E-state index in [4.69, 9.17) is 5.73 Å². The van der Waals surface area contributed by atoms with Crippen LogP contribution in [0.2, 0.25) is 0 Å². The maximum Gasteiger partial charge on any atom is 0.266 e. The van der Waals surface area contributed by atoms with E-state index in [0.29, 0.717) is 17.7 Å². The Morgan fingerprint density at radius 2 is 2.00 bits per heavy atom. The van der Waals surface area contributed by atoms with Gasteiger partial charge in [-0.2, -0.15) is 5.10 Å². The fourth-order valence-electron chi connectivity index (χ4n) is 1.74. The zero-order chi connectivity index (χ0) is 14.7. The molecular formula is C14H15F2N3O. The smallest absolute Gasteiger partial charge is 0.266 e. The Labute approximate surface area is 114 Å². The largest absolute Gasteiger partial charge is 0.326 e. The molecule has 6 heteroatoms. The lowest BCUT2D eigenvalue weighted by Crippen LogP contribution is -2.32. The molecule has 0 unspecified atom stereocenters. The summed E-state index contributed by atoms with van der Waals surface area (Å²) in [5.41, 5.74) is 6.32. The molecule has 2 N–H and O–H groups in total. The predicted octanol–water partition coefficient (Wildman–Crippen LogP) is 1.93. The van der Waals surface area contributed by atoms with Crippen LogP contribution in [-0.2, 0) is 6.54 Å². The van der Waals surface area contributed by atoms with Crippen molar-refractivity contribution in [3.63, 3.8) is 0 Å². The zero-order valence-corrected chi connectivity index (χ0v) is 11.0. The van der Waals surface area contributed by atoms with Gasteiger partial charge in [-0.1, -0.05) is 6.92 Å². The SMILES string of the molecule is CC[C@H](N)Cn1nc(-c2ccc(F)c(F)c2)ccc1=O. The number of hydrogen-bond acceptors (Lipinski definition) is 3. The van der Waals surface area contributed by atoms with E-state index in [-0.39, 0.29) is 18.1 Å². The quantitative estimate of drug-likeness (QED) is 0.930. The molecule has 2 aromatic rings. The Morgan fingerprint density at radius 1 is 1.25 bits per heavy atom. The summed E-state index contributed by atoms with van der Waals surface area (Å²) in [6.07, 6.45) is 0.712. The van der Waals surface area contributed by atoms with Gasteiger partial charge in [0, 0.05) is 17.7 Å². The van der Waals surface area contributed by atoms with Gasteiger partial charge in [-0.05, 0) is 30.7 Å². The van der Waals surface area contributed by atoms with E-state index in [1.54, 1.807) is 0 Å². The topological polar surface area (TPSA) is 60.9 Å². The Kier molecular flexibility index (Phi) is 4.24. The van der Waals surface area contributed by atoms with Gasteiger partial charge in [0.2, 0.25) is 0 Å². The summed E-state index contributed by atoms with van der Waals surface area (Å²) in [4.78, 5) is 11.7. The molecule has 0 aliphatic carbocycles. The number of halogens is 2. The summed E-state index contributed by atoms with van der Waals surface area (Å²) >= 11 is 0. The fourth-order valence-corrected chi connectivity index (χ4v) is 1.74. The van der Waals surface area contributed by atoms with Crippen LogP contribution in [0, 0.1) is 11.6 Å². The van der Waals surface area contributed by atoms with Gasteiger partial charge in [-0.3, -0.25) is 4.79 Å². The van der Waals surface area contributed by atoms with Gasteiger partial charge >= 0.3 is 0 Å².